The molecule has 4 N–H and O–H groups in total. The third kappa shape index (κ3) is 1.88. The Balaban J connectivity index is 1.76. The van der Waals surface area contributed by atoms with E-state index >= 15 is 0 Å². The summed E-state index contributed by atoms with van der Waals surface area (Å²) in [4.78, 5) is 15.8. The molecule has 0 aliphatic heterocycles. The fourth-order valence-electron chi connectivity index (χ4n) is 2.89. The normalized spacial score (nSPS) is 17.1. The molecule has 1 aromatic carbocycles. The Kier molecular flexibility index (Phi) is 2.50. The zero-order chi connectivity index (χ0) is 14.6. The highest BCUT2D eigenvalue weighted by Gasteiger charge is 2.37. The molecule has 0 saturated heterocycles. The Morgan fingerprint density at radius 2 is 1.90 bits per heavy atom. The van der Waals surface area contributed by atoms with E-state index < -0.39 is 0 Å². The Bertz CT molecular complexity index is 783. The standard InChI is InChI=1S/C16H19N5/c1-9-6-11-12(7-10(9)2)20-14(19-11)13-8-18-15(21-13)16(17)4-3-5-16/h6-8H,3-5,17H2,1-2H3,(H,18,21)(H,19,20). The third-order valence-corrected chi connectivity index (χ3v) is 4.65. The van der Waals surface area contributed by atoms with Crippen LogP contribution in [0, 0.1) is 13.8 Å². The molecule has 0 radical (unpaired) electrons. The Morgan fingerprint density at radius 3 is 2.62 bits per heavy atom. The van der Waals surface area contributed by atoms with Gasteiger partial charge in [0.2, 0.25) is 0 Å². The van der Waals surface area contributed by atoms with Crippen LogP contribution >= 0.6 is 0 Å². The first kappa shape index (κ1) is 12.6. The van der Waals surface area contributed by atoms with Gasteiger partial charge in [-0.05, 0) is 56.4 Å². The summed E-state index contributed by atoms with van der Waals surface area (Å²) in [6, 6.07) is 4.24. The molecule has 0 amide bonds. The average molecular weight is 281 g/mol. The molecule has 0 bridgehead atoms. The van der Waals surface area contributed by atoms with Crippen molar-refractivity contribution < 1.29 is 0 Å². The van der Waals surface area contributed by atoms with Crippen LogP contribution in [-0.2, 0) is 5.54 Å². The van der Waals surface area contributed by atoms with Crippen molar-refractivity contribution in [2.45, 2.75) is 38.6 Å². The summed E-state index contributed by atoms with van der Waals surface area (Å²) in [6.45, 7) is 4.21. The van der Waals surface area contributed by atoms with Crippen molar-refractivity contribution >= 4 is 11.0 Å². The molecule has 0 unspecified atom stereocenters. The number of nitrogens with two attached hydrogens (primary N) is 1. The summed E-state index contributed by atoms with van der Waals surface area (Å²) in [5.41, 5.74) is 11.5. The van der Waals surface area contributed by atoms with Crippen LogP contribution in [0.3, 0.4) is 0 Å². The Morgan fingerprint density at radius 1 is 1.14 bits per heavy atom. The molecular formula is C16H19N5. The minimum atomic E-state index is -0.266. The van der Waals surface area contributed by atoms with E-state index in [-0.39, 0.29) is 5.54 Å². The van der Waals surface area contributed by atoms with Gasteiger partial charge in [-0.3, -0.25) is 0 Å². The van der Waals surface area contributed by atoms with E-state index in [1.54, 1.807) is 0 Å². The van der Waals surface area contributed by atoms with Crippen LogP contribution in [0.25, 0.3) is 22.6 Å². The summed E-state index contributed by atoms with van der Waals surface area (Å²) in [7, 11) is 0. The molecule has 1 saturated carbocycles. The van der Waals surface area contributed by atoms with E-state index in [0.717, 1.165) is 41.2 Å². The van der Waals surface area contributed by atoms with Gasteiger partial charge >= 0.3 is 0 Å². The van der Waals surface area contributed by atoms with Gasteiger partial charge in [0.1, 0.15) is 11.5 Å². The van der Waals surface area contributed by atoms with Gasteiger partial charge in [0.05, 0.1) is 22.8 Å². The maximum absolute atomic E-state index is 6.31. The van der Waals surface area contributed by atoms with Gasteiger partial charge in [-0.25, -0.2) is 9.97 Å². The number of rotatable bonds is 2. The van der Waals surface area contributed by atoms with Crippen LogP contribution in [0.2, 0.25) is 0 Å². The largest absolute Gasteiger partial charge is 0.338 e. The van der Waals surface area contributed by atoms with Crippen molar-refractivity contribution in [3.63, 3.8) is 0 Å². The lowest BCUT2D eigenvalue weighted by atomic mass is 9.77. The number of aromatic amines is 2. The first-order valence-corrected chi connectivity index (χ1v) is 7.37. The third-order valence-electron chi connectivity index (χ3n) is 4.65. The van der Waals surface area contributed by atoms with Crippen molar-refractivity contribution in [3.05, 3.63) is 35.3 Å². The number of aryl methyl sites for hydroxylation is 2. The van der Waals surface area contributed by atoms with E-state index in [0.29, 0.717) is 0 Å². The summed E-state index contributed by atoms with van der Waals surface area (Å²) in [5.74, 6) is 1.69. The Labute approximate surface area is 123 Å². The highest BCUT2D eigenvalue weighted by Crippen LogP contribution is 2.37. The van der Waals surface area contributed by atoms with Gasteiger partial charge in [-0.1, -0.05) is 0 Å². The number of imidazole rings is 2. The van der Waals surface area contributed by atoms with Crippen LogP contribution in [0.15, 0.2) is 18.3 Å². The van der Waals surface area contributed by atoms with Gasteiger partial charge in [-0.15, -0.1) is 0 Å². The molecule has 3 aromatic rings. The second-order valence-electron chi connectivity index (χ2n) is 6.19. The molecule has 0 atom stereocenters. The van der Waals surface area contributed by atoms with Crippen LogP contribution < -0.4 is 5.73 Å². The minimum absolute atomic E-state index is 0.266. The molecule has 21 heavy (non-hydrogen) atoms. The van der Waals surface area contributed by atoms with Crippen LogP contribution in [0.4, 0.5) is 0 Å². The summed E-state index contributed by atoms with van der Waals surface area (Å²) in [6.07, 6.45) is 4.99. The molecule has 5 nitrogen and oxygen atoms in total. The maximum Gasteiger partial charge on any atom is 0.156 e. The zero-order valence-electron chi connectivity index (χ0n) is 12.3. The van der Waals surface area contributed by atoms with Crippen molar-refractivity contribution in [2.24, 2.45) is 5.73 Å². The molecule has 5 heteroatoms. The van der Waals surface area contributed by atoms with Crippen molar-refractivity contribution in [1.82, 2.24) is 19.9 Å². The smallest absolute Gasteiger partial charge is 0.156 e. The highest BCUT2D eigenvalue weighted by molar-refractivity contribution is 5.80. The van der Waals surface area contributed by atoms with E-state index in [2.05, 4.69) is 45.9 Å². The zero-order valence-corrected chi connectivity index (χ0v) is 12.3. The van der Waals surface area contributed by atoms with Crippen LogP contribution in [-0.4, -0.2) is 19.9 Å². The number of nitrogens with one attached hydrogen (secondary N) is 2. The SMILES string of the molecule is Cc1cc2nc(-c3cnc(C4(N)CCC4)[nH]3)[nH]c2cc1C. The molecule has 1 aliphatic rings. The first-order chi connectivity index (χ1) is 10.0. The van der Waals surface area contributed by atoms with Crippen molar-refractivity contribution in [3.8, 4) is 11.5 Å². The molecule has 1 fully saturated rings. The molecule has 0 spiro atoms. The van der Waals surface area contributed by atoms with E-state index in [1.807, 2.05) is 6.20 Å². The van der Waals surface area contributed by atoms with Gasteiger partial charge in [-0.2, -0.15) is 0 Å². The average Bonchev–Trinajstić information content (AvgIpc) is 3.03. The Hall–Kier alpha value is -2.14. The number of hydrogen-bond acceptors (Lipinski definition) is 3. The number of aromatic nitrogens is 4. The molecule has 1 aliphatic carbocycles. The van der Waals surface area contributed by atoms with Gasteiger partial charge in [0.15, 0.2) is 5.82 Å². The summed E-state index contributed by atoms with van der Waals surface area (Å²) >= 11 is 0. The van der Waals surface area contributed by atoms with Gasteiger partial charge in [0.25, 0.3) is 0 Å². The monoisotopic (exact) mass is 281 g/mol. The van der Waals surface area contributed by atoms with Crippen LogP contribution in [0.1, 0.15) is 36.2 Å². The molecule has 108 valence electrons. The number of nitrogens with zero attached hydrogens (tertiary/aromatic N) is 2. The molecular weight excluding hydrogens is 262 g/mol. The molecule has 2 aromatic heterocycles. The van der Waals surface area contributed by atoms with Gasteiger partial charge in [0, 0.05) is 0 Å². The fraction of sp³-hybridized carbons (Fsp3) is 0.375. The summed E-state index contributed by atoms with van der Waals surface area (Å²) < 4.78 is 0. The molecule has 4 rings (SSSR count). The lowest BCUT2D eigenvalue weighted by molar-refractivity contribution is 0.240. The maximum atomic E-state index is 6.31. The second-order valence-corrected chi connectivity index (χ2v) is 6.19. The van der Waals surface area contributed by atoms with Gasteiger partial charge < -0.3 is 15.7 Å². The van der Waals surface area contributed by atoms with Crippen molar-refractivity contribution in [2.75, 3.05) is 0 Å². The number of hydrogen-bond donors (Lipinski definition) is 3. The number of benzene rings is 1. The minimum Gasteiger partial charge on any atom is -0.338 e. The highest BCUT2D eigenvalue weighted by atomic mass is 15.0. The number of fused-ring (bicyclic) bond motifs is 1. The predicted molar refractivity (Wildman–Crippen MR) is 82.9 cm³/mol. The summed E-state index contributed by atoms with van der Waals surface area (Å²) in [5, 5.41) is 0. The lowest BCUT2D eigenvalue weighted by Crippen LogP contribution is -2.44. The molecule has 2 heterocycles. The topological polar surface area (TPSA) is 83.4 Å². The quantitative estimate of drug-likeness (QED) is 0.675. The lowest BCUT2D eigenvalue weighted by Gasteiger charge is -2.35. The van der Waals surface area contributed by atoms with E-state index in [4.69, 9.17) is 5.73 Å². The first-order valence-electron chi connectivity index (χ1n) is 7.37. The van der Waals surface area contributed by atoms with Crippen molar-refractivity contribution in [1.29, 1.82) is 0 Å². The predicted octanol–water partition coefficient (Wildman–Crippen LogP) is 2.91. The fourth-order valence-corrected chi connectivity index (χ4v) is 2.89. The van der Waals surface area contributed by atoms with E-state index in [1.165, 1.54) is 17.5 Å². The van der Waals surface area contributed by atoms with Crippen LogP contribution in [0.5, 0.6) is 0 Å². The van der Waals surface area contributed by atoms with E-state index in [9.17, 15) is 0 Å². The second kappa shape index (κ2) is 4.18. The number of H-pyrrole nitrogens is 2.